The first-order valence-corrected chi connectivity index (χ1v) is 6.01. The second-order valence-electron chi connectivity index (χ2n) is 4.51. The lowest BCUT2D eigenvalue weighted by atomic mass is 9.98. The van der Waals surface area contributed by atoms with Gasteiger partial charge in [-0.15, -0.1) is 0 Å². The summed E-state index contributed by atoms with van der Waals surface area (Å²) < 4.78 is 5.06. The number of nitrogens with one attached hydrogen (secondary N) is 1. The van der Waals surface area contributed by atoms with Crippen LogP contribution in [0.15, 0.2) is 0 Å². The summed E-state index contributed by atoms with van der Waals surface area (Å²) in [7, 11) is 0. The molecule has 0 bridgehead atoms. The van der Waals surface area contributed by atoms with Crippen molar-refractivity contribution in [2.24, 2.45) is 5.73 Å². The first-order valence-electron chi connectivity index (χ1n) is 6.01. The lowest BCUT2D eigenvalue weighted by molar-refractivity contribution is -0.285. The Hall–Kier alpha value is -1.34. The molecule has 1 saturated heterocycles. The molecule has 122 valence electrons. The number of rotatable bonds is 7. The standard InChI is InChI=1S/C10H18N2O9/c11-6-8(17)7(16)4(2-13)20-10(6)21-12-3(9(18)19)1-5(14)15/h3-4,6-8,10,12-13,16-17H,1-2,11H2,(H,14,15)(H,18,19)/t3?,4-,6-,7-,8-,10?/m1/s1. The third kappa shape index (κ3) is 4.57. The zero-order valence-corrected chi connectivity index (χ0v) is 10.8. The normalized spacial score (nSPS) is 34.4. The monoisotopic (exact) mass is 310 g/mol. The van der Waals surface area contributed by atoms with Crippen LogP contribution in [0.5, 0.6) is 0 Å². The maximum atomic E-state index is 10.8. The summed E-state index contributed by atoms with van der Waals surface area (Å²) in [4.78, 5) is 26.2. The number of carboxylic acids is 2. The topological polar surface area (TPSA) is 192 Å². The summed E-state index contributed by atoms with van der Waals surface area (Å²) in [5, 5.41) is 45.5. The number of aliphatic carboxylic acids is 2. The van der Waals surface area contributed by atoms with Gasteiger partial charge in [0.1, 0.15) is 24.4 Å². The number of hydrogen-bond acceptors (Lipinski definition) is 9. The molecule has 0 saturated carbocycles. The van der Waals surface area contributed by atoms with Crippen LogP contribution in [0.1, 0.15) is 6.42 Å². The molecule has 0 aromatic heterocycles. The molecule has 0 radical (unpaired) electrons. The fourth-order valence-electron chi connectivity index (χ4n) is 1.71. The Morgan fingerprint density at radius 2 is 1.90 bits per heavy atom. The summed E-state index contributed by atoms with van der Waals surface area (Å²) in [6, 6.07) is -2.79. The van der Waals surface area contributed by atoms with Crippen LogP contribution in [-0.2, 0) is 19.2 Å². The number of hydrogen-bond donors (Lipinski definition) is 7. The van der Waals surface area contributed by atoms with Crippen LogP contribution in [0, 0.1) is 0 Å². The van der Waals surface area contributed by atoms with Crippen LogP contribution in [0.4, 0.5) is 0 Å². The van der Waals surface area contributed by atoms with Crippen LogP contribution in [0.2, 0.25) is 0 Å². The highest BCUT2D eigenvalue weighted by Gasteiger charge is 2.43. The highest BCUT2D eigenvalue weighted by atomic mass is 16.8. The third-order valence-corrected chi connectivity index (χ3v) is 2.93. The molecule has 1 rings (SSSR count). The average molecular weight is 310 g/mol. The van der Waals surface area contributed by atoms with Crippen LogP contribution in [0.25, 0.3) is 0 Å². The van der Waals surface area contributed by atoms with E-state index in [2.05, 4.69) is 0 Å². The predicted molar refractivity (Wildman–Crippen MR) is 63.6 cm³/mol. The summed E-state index contributed by atoms with van der Waals surface area (Å²) >= 11 is 0. The van der Waals surface area contributed by atoms with Crippen molar-refractivity contribution in [1.82, 2.24) is 5.48 Å². The second kappa shape index (κ2) is 7.61. The molecule has 11 heteroatoms. The van der Waals surface area contributed by atoms with E-state index in [0.29, 0.717) is 0 Å². The number of hydroxylamine groups is 1. The number of aliphatic hydroxyl groups excluding tert-OH is 3. The van der Waals surface area contributed by atoms with E-state index in [1.165, 1.54) is 0 Å². The van der Waals surface area contributed by atoms with Crippen molar-refractivity contribution in [3.8, 4) is 0 Å². The molecule has 0 aliphatic carbocycles. The number of carboxylic acid groups (broad SMARTS) is 2. The summed E-state index contributed by atoms with van der Waals surface area (Å²) in [5.41, 5.74) is 7.52. The summed E-state index contributed by atoms with van der Waals surface area (Å²) in [6.45, 7) is -0.623. The van der Waals surface area contributed by atoms with Gasteiger partial charge in [-0.1, -0.05) is 0 Å². The van der Waals surface area contributed by atoms with Gasteiger partial charge in [-0.2, -0.15) is 5.48 Å². The van der Waals surface area contributed by atoms with Gasteiger partial charge in [0.25, 0.3) is 0 Å². The number of aliphatic hydroxyl groups is 3. The molecule has 1 fully saturated rings. The van der Waals surface area contributed by atoms with Crippen molar-refractivity contribution in [2.75, 3.05) is 6.61 Å². The fourth-order valence-corrected chi connectivity index (χ4v) is 1.71. The van der Waals surface area contributed by atoms with E-state index in [1.807, 2.05) is 5.48 Å². The summed E-state index contributed by atoms with van der Waals surface area (Å²) in [6.07, 6.45) is -6.21. The first-order chi connectivity index (χ1) is 9.77. The van der Waals surface area contributed by atoms with Crippen molar-refractivity contribution >= 4 is 11.9 Å². The summed E-state index contributed by atoms with van der Waals surface area (Å²) in [5.74, 6) is -2.84. The number of carbonyl (C=O) groups is 2. The Balaban J connectivity index is 2.63. The van der Waals surface area contributed by atoms with E-state index in [9.17, 15) is 19.8 Å². The van der Waals surface area contributed by atoms with Crippen LogP contribution in [0.3, 0.4) is 0 Å². The molecule has 1 aliphatic heterocycles. The highest BCUT2D eigenvalue weighted by molar-refractivity contribution is 5.80. The Morgan fingerprint density at radius 1 is 1.29 bits per heavy atom. The zero-order valence-electron chi connectivity index (χ0n) is 10.8. The van der Waals surface area contributed by atoms with Gasteiger partial charge in [0.2, 0.25) is 0 Å². The minimum Gasteiger partial charge on any atom is -0.481 e. The molecule has 0 aromatic carbocycles. The smallest absolute Gasteiger partial charge is 0.323 e. The molecule has 0 aromatic rings. The molecular weight excluding hydrogens is 292 g/mol. The van der Waals surface area contributed by atoms with Crippen molar-refractivity contribution in [1.29, 1.82) is 0 Å². The lowest BCUT2D eigenvalue weighted by Gasteiger charge is -2.40. The number of ether oxygens (including phenoxy) is 1. The van der Waals surface area contributed by atoms with Gasteiger partial charge in [-0.05, 0) is 0 Å². The van der Waals surface area contributed by atoms with Crippen LogP contribution in [-0.4, -0.2) is 80.8 Å². The van der Waals surface area contributed by atoms with Crippen molar-refractivity contribution < 1.29 is 44.7 Å². The van der Waals surface area contributed by atoms with Gasteiger partial charge >= 0.3 is 11.9 Å². The van der Waals surface area contributed by atoms with Crippen molar-refractivity contribution in [2.45, 2.75) is 43.1 Å². The zero-order chi connectivity index (χ0) is 16.2. The van der Waals surface area contributed by atoms with Gasteiger partial charge in [-0.3, -0.25) is 14.4 Å². The Kier molecular flexibility index (Phi) is 6.42. The Morgan fingerprint density at radius 3 is 2.38 bits per heavy atom. The van der Waals surface area contributed by atoms with E-state index in [4.69, 9.17) is 30.6 Å². The van der Waals surface area contributed by atoms with E-state index in [-0.39, 0.29) is 0 Å². The minimum atomic E-state index is -1.56. The van der Waals surface area contributed by atoms with E-state index in [0.717, 1.165) is 0 Å². The van der Waals surface area contributed by atoms with Crippen LogP contribution >= 0.6 is 0 Å². The van der Waals surface area contributed by atoms with Gasteiger partial charge in [0, 0.05) is 0 Å². The highest BCUT2D eigenvalue weighted by Crippen LogP contribution is 2.20. The lowest BCUT2D eigenvalue weighted by Crippen LogP contribution is -2.63. The minimum absolute atomic E-state index is 0.623. The maximum Gasteiger partial charge on any atom is 0.323 e. The molecule has 21 heavy (non-hydrogen) atoms. The largest absolute Gasteiger partial charge is 0.481 e. The predicted octanol–water partition coefficient (Wildman–Crippen LogP) is -3.80. The SMILES string of the molecule is N[C@H]1C(ONC(CC(=O)O)C(=O)O)O[C@H](CO)[C@@H](O)[C@@H]1O. The van der Waals surface area contributed by atoms with Crippen molar-refractivity contribution in [3.63, 3.8) is 0 Å². The molecule has 6 atom stereocenters. The van der Waals surface area contributed by atoms with Gasteiger partial charge in [0.05, 0.1) is 19.1 Å². The van der Waals surface area contributed by atoms with E-state index >= 15 is 0 Å². The molecule has 2 unspecified atom stereocenters. The van der Waals surface area contributed by atoms with Gasteiger partial charge < -0.3 is 36.0 Å². The quantitative estimate of drug-likeness (QED) is 0.228. The van der Waals surface area contributed by atoms with E-state index < -0.39 is 61.7 Å². The number of nitrogens with two attached hydrogens (primary N) is 1. The fraction of sp³-hybridized carbons (Fsp3) is 0.800. The second-order valence-corrected chi connectivity index (χ2v) is 4.51. The van der Waals surface area contributed by atoms with Gasteiger partial charge in [-0.25, -0.2) is 0 Å². The Labute approximate surface area is 118 Å². The molecule has 1 aliphatic rings. The van der Waals surface area contributed by atoms with Gasteiger partial charge in [0.15, 0.2) is 6.29 Å². The van der Waals surface area contributed by atoms with E-state index in [1.54, 1.807) is 0 Å². The molecule has 1 heterocycles. The third-order valence-electron chi connectivity index (χ3n) is 2.93. The van der Waals surface area contributed by atoms with Crippen molar-refractivity contribution in [3.05, 3.63) is 0 Å². The molecule has 0 amide bonds. The Bertz CT molecular complexity index is 378. The maximum absolute atomic E-state index is 10.8. The molecule has 8 N–H and O–H groups in total. The molecule has 11 nitrogen and oxygen atoms in total. The molecule has 0 spiro atoms. The van der Waals surface area contributed by atoms with Crippen LogP contribution < -0.4 is 11.2 Å². The first kappa shape index (κ1) is 17.7. The molecular formula is C10H18N2O9. The average Bonchev–Trinajstić information content (AvgIpc) is 2.42.